The average molecular weight is 297 g/mol. The van der Waals surface area contributed by atoms with E-state index in [1.54, 1.807) is 13.8 Å². The maximum atomic E-state index is 10.5. The summed E-state index contributed by atoms with van der Waals surface area (Å²) in [6, 6.07) is -0.713. The first-order valence-electron chi connectivity index (χ1n) is 5.87. The molecule has 0 amide bonds. The van der Waals surface area contributed by atoms with Crippen LogP contribution in [0.2, 0.25) is 0 Å². The van der Waals surface area contributed by atoms with Crippen molar-refractivity contribution in [3.05, 3.63) is 0 Å². The normalized spacial score (nSPS) is 16.6. The number of carbonyl (C=O) groups is 2. The molecular weight excluding hydrogens is 274 g/mol. The third kappa shape index (κ3) is 8.15. The molecule has 0 aromatic rings. The zero-order valence-electron chi connectivity index (χ0n) is 11.4. The van der Waals surface area contributed by atoms with Crippen LogP contribution in [0.15, 0.2) is 0 Å². The fourth-order valence-electron chi connectivity index (χ4n) is 0.888. The Hall–Kier alpha value is -1.10. The Kier molecular flexibility index (Phi) is 11.3. The highest BCUT2D eigenvalue weighted by Gasteiger charge is 2.28. The summed E-state index contributed by atoms with van der Waals surface area (Å²) in [5, 5.41) is 51.3. The van der Waals surface area contributed by atoms with E-state index in [0.717, 1.165) is 0 Å². The van der Waals surface area contributed by atoms with Gasteiger partial charge in [0.25, 0.3) is 0 Å². The third-order valence-corrected chi connectivity index (χ3v) is 2.39. The van der Waals surface area contributed by atoms with Crippen LogP contribution in [0.4, 0.5) is 0 Å². The van der Waals surface area contributed by atoms with Crippen molar-refractivity contribution in [3.8, 4) is 0 Å². The summed E-state index contributed by atoms with van der Waals surface area (Å²) < 4.78 is 0. The number of aliphatic carboxylic acids is 1. The highest BCUT2D eigenvalue weighted by molar-refractivity contribution is 5.84. The van der Waals surface area contributed by atoms with Crippen molar-refractivity contribution in [2.75, 3.05) is 13.2 Å². The fourth-order valence-corrected chi connectivity index (χ4v) is 0.888. The molecule has 0 aromatic carbocycles. The second-order valence-corrected chi connectivity index (χ2v) is 4.42. The number of rotatable bonds is 7. The van der Waals surface area contributed by atoms with E-state index in [9.17, 15) is 9.59 Å². The SMILES string of the molecule is CC(C)[C@H](N)C(=O)O.O=C(CO)[C@@H](O)[C@H](O)[C@H](O)CO. The van der Waals surface area contributed by atoms with E-state index in [1.807, 2.05) is 0 Å². The Morgan fingerprint density at radius 2 is 1.55 bits per heavy atom. The second kappa shape index (κ2) is 10.7. The molecule has 9 nitrogen and oxygen atoms in total. The number of aliphatic hydroxyl groups excluding tert-OH is 5. The molecule has 0 aromatic heterocycles. The molecule has 20 heavy (non-hydrogen) atoms. The number of carboxylic acids is 1. The van der Waals surface area contributed by atoms with Gasteiger partial charge in [-0.25, -0.2) is 0 Å². The minimum absolute atomic E-state index is 0.0208. The molecular formula is C11H23NO8. The van der Waals surface area contributed by atoms with Gasteiger partial charge >= 0.3 is 5.97 Å². The van der Waals surface area contributed by atoms with Gasteiger partial charge in [0.1, 0.15) is 31.0 Å². The molecule has 0 fully saturated rings. The standard InChI is InChI=1S/C6H12O6.C5H11NO2/c7-1-3(9)5(11)6(12)4(10)2-8;1-3(2)4(6)5(7)8/h3,5-9,11-12H,1-2H2;3-4H,6H2,1-2H3,(H,7,8)/t3-,5-,6-;4-/m10/s1. The number of carboxylic acid groups (broad SMARTS) is 1. The number of aliphatic hydroxyl groups is 5. The maximum absolute atomic E-state index is 10.5. The first-order chi connectivity index (χ1) is 9.09. The Morgan fingerprint density at radius 3 is 1.75 bits per heavy atom. The van der Waals surface area contributed by atoms with Crippen LogP contribution < -0.4 is 5.73 Å². The van der Waals surface area contributed by atoms with Crippen molar-refractivity contribution < 1.29 is 40.2 Å². The molecule has 9 heteroatoms. The third-order valence-electron chi connectivity index (χ3n) is 2.39. The van der Waals surface area contributed by atoms with Crippen molar-refractivity contribution in [2.24, 2.45) is 11.7 Å². The molecule has 0 radical (unpaired) electrons. The van der Waals surface area contributed by atoms with Gasteiger partial charge in [-0.05, 0) is 5.92 Å². The first kappa shape index (κ1) is 21.2. The Bertz CT molecular complexity index is 296. The van der Waals surface area contributed by atoms with Crippen LogP contribution in [-0.4, -0.2) is 80.0 Å². The molecule has 0 rings (SSSR count). The number of Topliss-reactive ketones (excluding diaryl/α,β-unsaturated/α-hetero) is 1. The summed E-state index contributed by atoms with van der Waals surface area (Å²) in [6.45, 7) is 1.87. The van der Waals surface area contributed by atoms with Crippen molar-refractivity contribution in [1.82, 2.24) is 0 Å². The quantitative estimate of drug-likeness (QED) is 0.253. The van der Waals surface area contributed by atoms with Gasteiger partial charge in [-0.1, -0.05) is 13.8 Å². The van der Waals surface area contributed by atoms with Crippen LogP contribution in [0.25, 0.3) is 0 Å². The molecule has 0 unspecified atom stereocenters. The van der Waals surface area contributed by atoms with Gasteiger partial charge < -0.3 is 36.4 Å². The Balaban J connectivity index is 0. The molecule has 0 saturated heterocycles. The highest BCUT2D eigenvalue weighted by Crippen LogP contribution is 2.00. The lowest BCUT2D eigenvalue weighted by atomic mass is 10.1. The minimum Gasteiger partial charge on any atom is -0.480 e. The number of carbonyl (C=O) groups excluding carboxylic acids is 1. The van der Waals surface area contributed by atoms with Crippen LogP contribution >= 0.6 is 0 Å². The summed E-state index contributed by atoms with van der Waals surface area (Å²) in [6.07, 6.45) is -5.22. The summed E-state index contributed by atoms with van der Waals surface area (Å²) in [4.78, 5) is 20.5. The molecule has 0 saturated carbocycles. The van der Waals surface area contributed by atoms with Crippen LogP contribution in [-0.2, 0) is 9.59 Å². The van der Waals surface area contributed by atoms with Gasteiger partial charge in [0.2, 0.25) is 0 Å². The highest BCUT2D eigenvalue weighted by atomic mass is 16.4. The number of hydrogen-bond acceptors (Lipinski definition) is 8. The first-order valence-corrected chi connectivity index (χ1v) is 5.87. The Morgan fingerprint density at radius 1 is 1.10 bits per heavy atom. The molecule has 8 N–H and O–H groups in total. The topological polar surface area (TPSA) is 182 Å². The zero-order valence-corrected chi connectivity index (χ0v) is 11.4. The number of ketones is 1. The zero-order chi connectivity index (χ0) is 16.5. The fraction of sp³-hybridized carbons (Fsp3) is 0.818. The lowest BCUT2D eigenvalue weighted by Crippen LogP contribution is -2.44. The minimum atomic E-state index is -1.86. The van der Waals surface area contributed by atoms with E-state index in [1.165, 1.54) is 0 Å². The summed E-state index contributed by atoms with van der Waals surface area (Å²) in [5.74, 6) is -1.91. The number of hydrogen-bond donors (Lipinski definition) is 7. The van der Waals surface area contributed by atoms with Crippen molar-refractivity contribution in [3.63, 3.8) is 0 Å². The largest absolute Gasteiger partial charge is 0.480 e. The number of nitrogens with two attached hydrogens (primary N) is 1. The predicted molar refractivity (Wildman–Crippen MR) is 67.6 cm³/mol. The van der Waals surface area contributed by atoms with Gasteiger partial charge in [0.15, 0.2) is 5.78 Å². The van der Waals surface area contributed by atoms with Gasteiger partial charge in [0, 0.05) is 0 Å². The summed E-state index contributed by atoms with van der Waals surface area (Å²) in [7, 11) is 0. The van der Waals surface area contributed by atoms with Crippen LogP contribution in [0.5, 0.6) is 0 Å². The predicted octanol–water partition coefficient (Wildman–Crippen LogP) is -3.32. The van der Waals surface area contributed by atoms with E-state index in [2.05, 4.69) is 0 Å². The molecule has 0 aliphatic carbocycles. The molecule has 0 aliphatic heterocycles. The van der Waals surface area contributed by atoms with Crippen molar-refractivity contribution in [2.45, 2.75) is 38.2 Å². The van der Waals surface area contributed by atoms with Crippen molar-refractivity contribution >= 4 is 11.8 Å². The van der Waals surface area contributed by atoms with E-state index < -0.39 is 49.3 Å². The smallest absolute Gasteiger partial charge is 0.320 e. The molecule has 4 atom stereocenters. The van der Waals surface area contributed by atoms with Crippen LogP contribution in [0.1, 0.15) is 13.8 Å². The summed E-state index contributed by atoms with van der Waals surface area (Å²) >= 11 is 0. The van der Waals surface area contributed by atoms with Gasteiger partial charge in [-0.3, -0.25) is 9.59 Å². The van der Waals surface area contributed by atoms with Gasteiger partial charge in [0.05, 0.1) is 6.61 Å². The monoisotopic (exact) mass is 297 g/mol. The lowest BCUT2D eigenvalue weighted by molar-refractivity contribution is -0.142. The average Bonchev–Trinajstić information content (AvgIpc) is 2.43. The molecule has 0 aliphatic rings. The van der Waals surface area contributed by atoms with E-state index >= 15 is 0 Å². The van der Waals surface area contributed by atoms with Gasteiger partial charge in [-0.15, -0.1) is 0 Å². The maximum Gasteiger partial charge on any atom is 0.320 e. The van der Waals surface area contributed by atoms with Gasteiger partial charge in [-0.2, -0.15) is 0 Å². The Labute approximate surface area is 116 Å². The molecule has 0 spiro atoms. The molecule has 0 heterocycles. The lowest BCUT2D eigenvalue weighted by Gasteiger charge is -2.19. The van der Waals surface area contributed by atoms with E-state index in [4.69, 9.17) is 36.4 Å². The van der Waals surface area contributed by atoms with Crippen molar-refractivity contribution in [1.29, 1.82) is 0 Å². The molecule has 0 bridgehead atoms. The van der Waals surface area contributed by atoms with Crippen LogP contribution in [0.3, 0.4) is 0 Å². The van der Waals surface area contributed by atoms with E-state index in [-0.39, 0.29) is 5.92 Å². The summed E-state index contributed by atoms with van der Waals surface area (Å²) in [5.41, 5.74) is 5.16. The second-order valence-electron chi connectivity index (χ2n) is 4.42. The van der Waals surface area contributed by atoms with Crippen LogP contribution in [0, 0.1) is 5.92 Å². The molecule has 120 valence electrons. The van der Waals surface area contributed by atoms with E-state index in [0.29, 0.717) is 0 Å².